The maximum absolute atomic E-state index is 11.3. The smallest absolute Gasteiger partial charge is 0.219 e. The van der Waals surface area contributed by atoms with Gasteiger partial charge in [-0.05, 0) is 38.5 Å². The maximum Gasteiger partial charge on any atom is 0.219 e. The minimum Gasteiger partial charge on any atom is -0.340 e. The van der Waals surface area contributed by atoms with Gasteiger partial charge in [0.25, 0.3) is 0 Å². The summed E-state index contributed by atoms with van der Waals surface area (Å²) in [7, 11) is 0. The van der Waals surface area contributed by atoms with E-state index in [1.807, 2.05) is 4.90 Å². The van der Waals surface area contributed by atoms with Crippen molar-refractivity contribution in [3.63, 3.8) is 0 Å². The Balaban J connectivity index is 1.45. The van der Waals surface area contributed by atoms with E-state index in [0.29, 0.717) is 5.54 Å². The third-order valence-electron chi connectivity index (χ3n) is 5.19. The van der Waals surface area contributed by atoms with Crippen molar-refractivity contribution < 1.29 is 4.79 Å². The molecule has 3 fully saturated rings. The van der Waals surface area contributed by atoms with Gasteiger partial charge in [0.2, 0.25) is 5.91 Å². The number of hydrogen-bond donors (Lipinski definition) is 1. The quantitative estimate of drug-likeness (QED) is 0.827. The molecule has 0 spiro atoms. The molecule has 3 aliphatic rings. The number of piperazine rings is 1. The molecule has 3 rings (SSSR count). The first-order chi connectivity index (χ1) is 9.17. The van der Waals surface area contributed by atoms with Crippen LogP contribution >= 0.6 is 0 Å². The molecule has 0 aromatic heterocycles. The number of carbonyl (C=O) groups excluding carboxylic acids is 1. The first-order valence-electron chi connectivity index (χ1n) is 7.74. The second-order valence-corrected chi connectivity index (χ2v) is 6.49. The van der Waals surface area contributed by atoms with Gasteiger partial charge >= 0.3 is 0 Å². The molecule has 4 heteroatoms. The summed E-state index contributed by atoms with van der Waals surface area (Å²) in [5.41, 5.74) is 0.403. The Morgan fingerprint density at radius 3 is 2.89 bits per heavy atom. The molecule has 4 nitrogen and oxygen atoms in total. The summed E-state index contributed by atoms with van der Waals surface area (Å²) < 4.78 is 0. The number of hydrogen-bond acceptors (Lipinski definition) is 3. The van der Waals surface area contributed by atoms with Gasteiger partial charge in [0.05, 0.1) is 0 Å². The molecule has 3 aliphatic heterocycles. The molecule has 2 bridgehead atoms. The van der Waals surface area contributed by atoms with Gasteiger partial charge in [-0.2, -0.15) is 0 Å². The molecule has 107 valence electrons. The molecule has 2 unspecified atom stereocenters. The number of amides is 1. The van der Waals surface area contributed by atoms with Crippen molar-refractivity contribution in [3.05, 3.63) is 6.42 Å². The van der Waals surface area contributed by atoms with Crippen molar-refractivity contribution in [2.75, 3.05) is 32.7 Å². The molecule has 19 heavy (non-hydrogen) atoms. The van der Waals surface area contributed by atoms with Gasteiger partial charge in [0, 0.05) is 51.2 Å². The largest absolute Gasteiger partial charge is 0.340 e. The van der Waals surface area contributed by atoms with E-state index in [4.69, 9.17) is 0 Å². The van der Waals surface area contributed by atoms with E-state index in [1.165, 1.54) is 38.6 Å². The van der Waals surface area contributed by atoms with Gasteiger partial charge in [-0.25, -0.2) is 0 Å². The van der Waals surface area contributed by atoms with Crippen LogP contribution in [0.15, 0.2) is 0 Å². The van der Waals surface area contributed by atoms with Crippen LogP contribution in [0.5, 0.6) is 0 Å². The van der Waals surface area contributed by atoms with Gasteiger partial charge in [-0.15, -0.1) is 0 Å². The molecule has 1 amide bonds. The highest BCUT2D eigenvalue weighted by molar-refractivity contribution is 5.73. The van der Waals surface area contributed by atoms with E-state index in [2.05, 4.69) is 16.6 Å². The molecule has 0 saturated carbocycles. The number of carbonyl (C=O) groups is 1. The standard InChI is InChI=1S/C15H26N3O/c1-13(19)18-11-9-17(10-12-18)8-7-15-5-2-3-14(16-15)4-6-15/h2,14,16H,3-12H2,1H3. The third kappa shape index (κ3) is 2.95. The molecule has 0 aromatic rings. The highest BCUT2D eigenvalue weighted by atomic mass is 16.2. The molecule has 2 atom stereocenters. The second kappa shape index (κ2) is 5.41. The van der Waals surface area contributed by atoms with Crippen molar-refractivity contribution >= 4 is 5.91 Å². The molecular formula is C15H26N3O. The van der Waals surface area contributed by atoms with Gasteiger partial charge in [0.15, 0.2) is 0 Å². The van der Waals surface area contributed by atoms with Crippen LogP contribution in [0.1, 0.15) is 39.0 Å². The van der Waals surface area contributed by atoms with Crippen molar-refractivity contribution in [3.8, 4) is 0 Å². The number of piperidine rings is 1. The first kappa shape index (κ1) is 13.4. The number of nitrogens with zero attached hydrogens (tertiary/aromatic N) is 2. The fourth-order valence-corrected chi connectivity index (χ4v) is 3.88. The van der Waals surface area contributed by atoms with Crippen LogP contribution in [0.2, 0.25) is 0 Å². The molecule has 1 N–H and O–H groups in total. The average molecular weight is 264 g/mol. The van der Waals surface area contributed by atoms with Crippen molar-refractivity contribution in [1.82, 2.24) is 15.1 Å². The summed E-state index contributed by atoms with van der Waals surface area (Å²) in [6, 6.07) is 0.753. The van der Waals surface area contributed by atoms with Gasteiger partial charge in [0.1, 0.15) is 0 Å². The Morgan fingerprint density at radius 2 is 2.16 bits per heavy atom. The van der Waals surface area contributed by atoms with Crippen LogP contribution in [-0.2, 0) is 4.79 Å². The molecule has 3 saturated heterocycles. The number of fused-ring (bicyclic) bond motifs is 2. The van der Waals surface area contributed by atoms with Crippen LogP contribution in [0.4, 0.5) is 0 Å². The van der Waals surface area contributed by atoms with E-state index in [9.17, 15) is 4.79 Å². The highest BCUT2D eigenvalue weighted by Gasteiger charge is 2.41. The van der Waals surface area contributed by atoms with E-state index in [0.717, 1.165) is 32.2 Å². The Labute approximate surface area is 116 Å². The zero-order valence-electron chi connectivity index (χ0n) is 12.0. The lowest BCUT2D eigenvalue weighted by Gasteiger charge is -2.39. The fourth-order valence-electron chi connectivity index (χ4n) is 3.88. The van der Waals surface area contributed by atoms with Crippen LogP contribution in [0.25, 0.3) is 0 Å². The average Bonchev–Trinajstić information content (AvgIpc) is 2.72. The summed E-state index contributed by atoms with van der Waals surface area (Å²) in [6.07, 6.45) is 8.97. The predicted molar refractivity (Wildman–Crippen MR) is 75.7 cm³/mol. The molecular weight excluding hydrogens is 238 g/mol. The summed E-state index contributed by atoms with van der Waals surface area (Å²) >= 11 is 0. The second-order valence-electron chi connectivity index (χ2n) is 6.49. The van der Waals surface area contributed by atoms with Crippen molar-refractivity contribution in [2.45, 2.75) is 50.6 Å². The number of nitrogens with one attached hydrogen (secondary N) is 1. The molecule has 1 radical (unpaired) electrons. The summed E-state index contributed by atoms with van der Waals surface area (Å²) in [5.74, 6) is 0.223. The number of rotatable bonds is 3. The SMILES string of the molecule is CC(=O)N1CCN(CCC23C[CH]CC(CC2)N3)CC1. The Kier molecular flexibility index (Phi) is 3.81. The van der Waals surface area contributed by atoms with E-state index >= 15 is 0 Å². The zero-order valence-corrected chi connectivity index (χ0v) is 12.0. The zero-order chi connectivity index (χ0) is 13.3. The molecule has 3 heterocycles. The Bertz CT molecular complexity index is 334. The topological polar surface area (TPSA) is 35.6 Å². The van der Waals surface area contributed by atoms with Gasteiger partial charge in [-0.3, -0.25) is 9.69 Å². The van der Waals surface area contributed by atoms with Crippen molar-refractivity contribution in [1.29, 1.82) is 0 Å². The fraction of sp³-hybridized carbons (Fsp3) is 0.867. The summed E-state index contributed by atoms with van der Waals surface area (Å²) in [4.78, 5) is 15.8. The monoisotopic (exact) mass is 264 g/mol. The third-order valence-corrected chi connectivity index (χ3v) is 5.19. The minimum absolute atomic E-state index is 0.223. The Morgan fingerprint density at radius 1 is 1.37 bits per heavy atom. The van der Waals surface area contributed by atoms with Gasteiger partial charge < -0.3 is 10.2 Å². The maximum atomic E-state index is 11.3. The predicted octanol–water partition coefficient (Wildman–Crippen LogP) is 1.03. The highest BCUT2D eigenvalue weighted by Crippen LogP contribution is 2.37. The summed E-state index contributed by atoms with van der Waals surface area (Å²) in [5, 5.41) is 3.85. The van der Waals surface area contributed by atoms with E-state index < -0.39 is 0 Å². The lowest BCUT2D eigenvalue weighted by Crippen LogP contribution is -2.52. The Hall–Kier alpha value is -0.610. The normalized spacial score (nSPS) is 35.6. The van der Waals surface area contributed by atoms with Crippen LogP contribution in [0.3, 0.4) is 0 Å². The first-order valence-corrected chi connectivity index (χ1v) is 7.74. The van der Waals surface area contributed by atoms with Crippen molar-refractivity contribution in [2.24, 2.45) is 0 Å². The molecule has 0 aliphatic carbocycles. The lowest BCUT2D eigenvalue weighted by atomic mass is 9.87. The van der Waals surface area contributed by atoms with Crippen LogP contribution < -0.4 is 5.32 Å². The van der Waals surface area contributed by atoms with Crippen LogP contribution in [-0.4, -0.2) is 60.0 Å². The lowest BCUT2D eigenvalue weighted by molar-refractivity contribution is -0.130. The summed E-state index contributed by atoms with van der Waals surface area (Å²) in [6.45, 7) is 6.76. The minimum atomic E-state index is 0.223. The van der Waals surface area contributed by atoms with Gasteiger partial charge in [-0.1, -0.05) is 0 Å². The van der Waals surface area contributed by atoms with Crippen LogP contribution in [0, 0.1) is 6.42 Å². The molecule has 0 aromatic carbocycles. The van der Waals surface area contributed by atoms with E-state index in [1.54, 1.807) is 6.92 Å². The van der Waals surface area contributed by atoms with E-state index in [-0.39, 0.29) is 5.91 Å².